The smallest absolute Gasteiger partial charge is 0.286 e. The molecule has 0 unspecified atom stereocenters. The normalized spacial score (nSPS) is 16.9. The number of phosphoric ester groups is 1. The first-order chi connectivity index (χ1) is 9.36. The first kappa shape index (κ1) is 23.0. The van der Waals surface area contributed by atoms with Crippen LogP contribution in [0.3, 0.4) is 0 Å². The van der Waals surface area contributed by atoms with E-state index in [2.05, 4.69) is 95.6 Å². The van der Waals surface area contributed by atoms with Gasteiger partial charge in [-0.05, 0) is 0 Å². The number of halogens is 6. The van der Waals surface area contributed by atoms with Crippen molar-refractivity contribution in [2.45, 2.75) is 14.5 Å². The molecule has 0 aliphatic rings. The van der Waals surface area contributed by atoms with Gasteiger partial charge in [-0.3, -0.25) is 13.6 Å². The molecule has 0 rings (SSSR count). The Bertz CT molecular complexity index is 255. The summed E-state index contributed by atoms with van der Waals surface area (Å²) in [4.78, 5) is 0.111. The molecule has 0 radical (unpaired) electrons. The Hall–Kier alpha value is 2.99. The molecule has 0 N–H and O–H groups in total. The highest BCUT2D eigenvalue weighted by atomic mass is 79.9. The molecule has 0 amide bonds. The fourth-order valence-electron chi connectivity index (χ4n) is 0.762. The average molecular weight is 698 g/mol. The van der Waals surface area contributed by atoms with Gasteiger partial charge < -0.3 is 0 Å². The zero-order chi connectivity index (χ0) is 15.6. The summed E-state index contributed by atoms with van der Waals surface area (Å²) in [5, 5.41) is 2.04. The van der Waals surface area contributed by atoms with E-state index in [9.17, 15) is 4.57 Å². The van der Waals surface area contributed by atoms with Crippen molar-refractivity contribution in [3.05, 3.63) is 0 Å². The van der Waals surface area contributed by atoms with Crippen LogP contribution >= 0.6 is 103 Å². The van der Waals surface area contributed by atoms with Crippen LogP contribution in [0.25, 0.3) is 0 Å². The lowest BCUT2D eigenvalue weighted by molar-refractivity contribution is 0.118. The Morgan fingerprint density at radius 1 is 0.700 bits per heavy atom. The molecule has 0 aromatic heterocycles. The predicted molar refractivity (Wildman–Crippen MR) is 105 cm³/mol. The summed E-state index contributed by atoms with van der Waals surface area (Å²) in [5.74, 6) is 0. The van der Waals surface area contributed by atoms with Gasteiger partial charge in [-0.2, -0.15) is 0 Å². The number of hydrogen-bond donors (Lipinski definition) is 0. The van der Waals surface area contributed by atoms with Crippen LogP contribution < -0.4 is 0 Å². The standard InChI is InChI=1S/C9H15Br6O4P/c10-1-7(13)4-17-20(16,18-5-8(14)2-11)19-6-9(15)3-12/h7-9H,1-6H2/t7-,8-,9-/m1/s1. The molecular formula is C9H15Br6O4P. The van der Waals surface area contributed by atoms with Crippen LogP contribution in [0, 0.1) is 0 Å². The van der Waals surface area contributed by atoms with Crippen molar-refractivity contribution in [1.82, 2.24) is 0 Å². The maximum Gasteiger partial charge on any atom is 0.474 e. The van der Waals surface area contributed by atoms with Crippen LogP contribution in [0.4, 0.5) is 0 Å². The molecular weight excluding hydrogens is 682 g/mol. The molecule has 0 aromatic carbocycles. The molecule has 4 nitrogen and oxygen atoms in total. The lowest BCUT2D eigenvalue weighted by atomic mass is 10.5. The number of alkyl halides is 6. The van der Waals surface area contributed by atoms with Gasteiger partial charge in [0, 0.05) is 30.5 Å². The van der Waals surface area contributed by atoms with Crippen LogP contribution in [0.15, 0.2) is 0 Å². The van der Waals surface area contributed by atoms with E-state index in [0.29, 0.717) is 16.0 Å². The summed E-state index contributed by atoms with van der Waals surface area (Å²) in [5.41, 5.74) is 0. The third-order valence-electron chi connectivity index (χ3n) is 1.74. The zero-order valence-electron chi connectivity index (χ0n) is 10.3. The molecule has 11 heteroatoms. The molecule has 20 heavy (non-hydrogen) atoms. The Kier molecular flexibility index (Phi) is 15.3. The number of hydrogen-bond acceptors (Lipinski definition) is 4. The monoisotopic (exact) mass is 692 g/mol. The first-order valence-corrected chi connectivity index (χ1v) is 13.1. The SMILES string of the molecule is O=P(OC[C@H](Br)CBr)(OC[C@H](Br)CBr)OC[C@H](Br)CBr. The molecule has 0 saturated carbocycles. The van der Waals surface area contributed by atoms with E-state index in [0.717, 1.165) is 0 Å². The van der Waals surface area contributed by atoms with Crippen molar-refractivity contribution >= 4 is 103 Å². The van der Waals surface area contributed by atoms with Gasteiger partial charge in [0.25, 0.3) is 0 Å². The minimum absolute atomic E-state index is 0.0370. The van der Waals surface area contributed by atoms with Gasteiger partial charge in [0.05, 0.1) is 19.8 Å². The van der Waals surface area contributed by atoms with Crippen molar-refractivity contribution < 1.29 is 18.1 Å². The predicted octanol–water partition coefficient (Wildman–Crippen LogP) is 5.62. The van der Waals surface area contributed by atoms with E-state index in [1.54, 1.807) is 0 Å². The van der Waals surface area contributed by atoms with Crippen molar-refractivity contribution in [3.63, 3.8) is 0 Å². The van der Waals surface area contributed by atoms with E-state index >= 15 is 0 Å². The Morgan fingerprint density at radius 2 is 0.950 bits per heavy atom. The fraction of sp³-hybridized carbons (Fsp3) is 1.00. The Balaban J connectivity index is 4.45. The summed E-state index contributed by atoms with van der Waals surface area (Å²) in [6.45, 7) is 0.682. The molecule has 3 atom stereocenters. The van der Waals surface area contributed by atoms with Crippen molar-refractivity contribution in [1.29, 1.82) is 0 Å². The third kappa shape index (κ3) is 11.5. The highest BCUT2D eigenvalue weighted by Gasteiger charge is 2.29. The highest BCUT2D eigenvalue weighted by molar-refractivity contribution is 9.12. The van der Waals surface area contributed by atoms with E-state index in [1.165, 1.54) is 0 Å². The molecule has 0 bridgehead atoms. The second-order valence-corrected chi connectivity index (χ2v) is 11.1. The molecule has 0 heterocycles. The van der Waals surface area contributed by atoms with Gasteiger partial charge in [-0.15, -0.1) is 0 Å². The maximum absolute atomic E-state index is 12.5. The van der Waals surface area contributed by atoms with Gasteiger partial charge in [-0.25, -0.2) is 4.57 Å². The summed E-state index contributed by atoms with van der Waals surface area (Å²) < 4.78 is 28.5. The fourth-order valence-corrected chi connectivity index (χ4v) is 3.64. The number of phosphoric acid groups is 1. The van der Waals surface area contributed by atoms with Crippen LogP contribution in [-0.2, 0) is 18.1 Å². The van der Waals surface area contributed by atoms with Crippen molar-refractivity contribution in [3.8, 4) is 0 Å². The summed E-state index contributed by atoms with van der Waals surface area (Å²) in [6, 6.07) is 0. The molecule has 0 spiro atoms. The second-order valence-electron chi connectivity index (χ2n) is 3.59. The molecule has 0 aliphatic heterocycles. The van der Waals surface area contributed by atoms with Crippen LogP contribution in [0.2, 0.25) is 0 Å². The molecule has 0 aliphatic carbocycles. The summed E-state index contributed by atoms with van der Waals surface area (Å²) >= 11 is 20.0. The second kappa shape index (κ2) is 13.3. The number of rotatable bonds is 12. The van der Waals surface area contributed by atoms with Crippen LogP contribution in [0.1, 0.15) is 0 Å². The van der Waals surface area contributed by atoms with Crippen LogP contribution in [-0.4, -0.2) is 50.3 Å². The minimum atomic E-state index is -3.57. The zero-order valence-corrected chi connectivity index (χ0v) is 20.7. The van der Waals surface area contributed by atoms with Crippen molar-refractivity contribution in [2.75, 3.05) is 35.8 Å². The Morgan fingerprint density at radius 3 is 1.15 bits per heavy atom. The van der Waals surface area contributed by atoms with E-state index in [4.69, 9.17) is 13.6 Å². The lowest BCUT2D eigenvalue weighted by Crippen LogP contribution is -2.17. The topological polar surface area (TPSA) is 44.8 Å². The lowest BCUT2D eigenvalue weighted by Gasteiger charge is -2.21. The largest absolute Gasteiger partial charge is 0.474 e. The van der Waals surface area contributed by atoms with Gasteiger partial charge in [-0.1, -0.05) is 95.6 Å². The third-order valence-corrected chi connectivity index (χ3v) is 9.85. The summed E-state index contributed by atoms with van der Waals surface area (Å²) in [6.07, 6.45) is 0. The molecule has 122 valence electrons. The molecule has 0 saturated heterocycles. The van der Waals surface area contributed by atoms with Gasteiger partial charge in [0.2, 0.25) is 0 Å². The molecule has 0 aromatic rings. The average Bonchev–Trinajstić information content (AvgIpc) is 2.47. The van der Waals surface area contributed by atoms with Crippen molar-refractivity contribution in [2.24, 2.45) is 0 Å². The van der Waals surface area contributed by atoms with Gasteiger partial charge >= 0.3 is 7.82 Å². The van der Waals surface area contributed by atoms with E-state index in [1.807, 2.05) is 0 Å². The highest BCUT2D eigenvalue weighted by Crippen LogP contribution is 2.50. The molecule has 0 fully saturated rings. The van der Waals surface area contributed by atoms with Gasteiger partial charge in [0.15, 0.2) is 0 Å². The van der Waals surface area contributed by atoms with E-state index in [-0.39, 0.29) is 34.3 Å². The minimum Gasteiger partial charge on any atom is -0.286 e. The quantitative estimate of drug-likeness (QED) is 0.196. The first-order valence-electron chi connectivity index (χ1n) is 5.50. The van der Waals surface area contributed by atoms with E-state index < -0.39 is 7.82 Å². The summed E-state index contributed by atoms with van der Waals surface area (Å²) in [7, 11) is -3.57. The maximum atomic E-state index is 12.5. The van der Waals surface area contributed by atoms with Gasteiger partial charge in [0.1, 0.15) is 0 Å². The Labute approximate surface area is 170 Å². The van der Waals surface area contributed by atoms with Crippen LogP contribution in [0.5, 0.6) is 0 Å².